The summed E-state index contributed by atoms with van der Waals surface area (Å²) in [5.41, 5.74) is 9.43. The SMILES string of the molecule is CC(C)(C)c1cccc(N2CN(c3cccc(Oc4ccc5c(c4)N(c4cc(C(C)(C)C)ccn4)c4cnccc4[Se]5)c3)c3ccccc32)c1. The normalized spacial score (nSPS) is 13.9. The predicted molar refractivity (Wildman–Crippen MR) is 208 cm³/mol. The summed E-state index contributed by atoms with van der Waals surface area (Å²) in [4.78, 5) is 16.4. The first-order valence-corrected chi connectivity index (χ1v) is 18.8. The van der Waals surface area contributed by atoms with Gasteiger partial charge in [-0.05, 0) is 23.1 Å². The number of hydrogen-bond donors (Lipinski definition) is 0. The number of aromatic nitrogens is 2. The van der Waals surface area contributed by atoms with E-state index in [-0.39, 0.29) is 25.8 Å². The molecule has 2 aromatic heterocycles. The summed E-state index contributed by atoms with van der Waals surface area (Å²) in [5, 5.41) is 0. The molecule has 0 radical (unpaired) electrons. The van der Waals surface area contributed by atoms with Crippen molar-refractivity contribution in [2.45, 2.75) is 52.4 Å². The minimum absolute atomic E-state index is 0.00264. The Labute approximate surface area is 301 Å². The predicted octanol–water partition coefficient (Wildman–Crippen LogP) is 9.55. The van der Waals surface area contributed by atoms with Crippen molar-refractivity contribution in [1.29, 1.82) is 0 Å². The summed E-state index contributed by atoms with van der Waals surface area (Å²) in [6.07, 6.45) is 5.75. The molecule has 6 nitrogen and oxygen atoms in total. The van der Waals surface area contributed by atoms with Crippen LogP contribution in [0.4, 0.5) is 39.9 Å². The Balaban J connectivity index is 1.12. The van der Waals surface area contributed by atoms with E-state index < -0.39 is 0 Å². The van der Waals surface area contributed by atoms with Crippen LogP contribution in [0.15, 0.2) is 128 Å². The molecule has 0 atom stereocenters. The van der Waals surface area contributed by atoms with Crippen LogP contribution in [0.1, 0.15) is 52.7 Å². The van der Waals surface area contributed by atoms with Crippen molar-refractivity contribution in [3.05, 3.63) is 139 Å². The summed E-state index contributed by atoms with van der Waals surface area (Å²) in [6.45, 7) is 14.2. The second-order valence-corrected chi connectivity index (χ2v) is 17.2. The molecule has 2 aliphatic heterocycles. The van der Waals surface area contributed by atoms with E-state index in [1.807, 2.05) is 24.7 Å². The van der Waals surface area contributed by atoms with Gasteiger partial charge in [0.15, 0.2) is 0 Å². The number of rotatable bonds is 5. The average molecular weight is 723 g/mol. The van der Waals surface area contributed by atoms with Crippen LogP contribution in [-0.2, 0) is 10.8 Å². The monoisotopic (exact) mass is 723 g/mol. The van der Waals surface area contributed by atoms with E-state index >= 15 is 0 Å². The molecule has 0 saturated heterocycles. The molecule has 6 aromatic rings. The number of anilines is 7. The number of hydrogen-bond acceptors (Lipinski definition) is 6. The van der Waals surface area contributed by atoms with Crippen molar-refractivity contribution in [3.63, 3.8) is 0 Å². The van der Waals surface area contributed by atoms with Crippen molar-refractivity contribution < 1.29 is 4.74 Å². The molecule has 0 fully saturated rings. The quantitative estimate of drug-likeness (QED) is 0.165. The molecule has 8 rings (SSSR count). The van der Waals surface area contributed by atoms with Gasteiger partial charge in [0.2, 0.25) is 0 Å². The average Bonchev–Trinajstić information content (AvgIpc) is 3.50. The number of para-hydroxylation sites is 2. The number of fused-ring (bicyclic) bond motifs is 3. The third kappa shape index (κ3) is 6.01. The van der Waals surface area contributed by atoms with E-state index in [4.69, 9.17) is 9.72 Å². The minimum atomic E-state index is -0.00264. The Kier molecular flexibility index (Phi) is 7.93. The zero-order valence-corrected chi connectivity index (χ0v) is 31.1. The van der Waals surface area contributed by atoms with Gasteiger partial charge in [-0.2, -0.15) is 0 Å². The molecule has 0 aliphatic carbocycles. The Hall–Kier alpha value is -5.10. The largest absolute Gasteiger partial charge is 0.0346 e. The van der Waals surface area contributed by atoms with Gasteiger partial charge in [0, 0.05) is 0 Å². The summed E-state index contributed by atoms with van der Waals surface area (Å²) < 4.78 is 9.22. The van der Waals surface area contributed by atoms with Gasteiger partial charge in [-0.25, -0.2) is 0 Å². The van der Waals surface area contributed by atoms with E-state index in [1.54, 1.807) is 0 Å². The summed E-state index contributed by atoms with van der Waals surface area (Å²) >= 11 is 0.131. The third-order valence-corrected chi connectivity index (χ3v) is 11.7. The van der Waals surface area contributed by atoms with Gasteiger partial charge in [0.25, 0.3) is 0 Å². The molecule has 4 aromatic carbocycles. The fourth-order valence-electron chi connectivity index (χ4n) is 6.60. The smallest absolute Gasteiger partial charge is 0.0346 e. The molecule has 50 heavy (non-hydrogen) atoms. The standard InChI is InChI=1S/C43H41N5OSe/c1-42(2,3)29-11-9-12-31(23-29)46-28-47(36-16-8-7-15-35(36)46)32-13-10-14-33(25-32)49-34-17-18-39-37(26-34)48(38-27-44-21-20-40(38)50-39)41-24-30(19-22-45-41)43(4,5)6/h7-27H,28H2,1-6H3. The second-order valence-electron chi connectivity index (χ2n) is 14.9. The molecular formula is C43H41N5OSe. The summed E-state index contributed by atoms with van der Waals surface area (Å²) in [6, 6.07) is 38.9. The molecule has 7 heteroatoms. The summed E-state index contributed by atoms with van der Waals surface area (Å²) in [7, 11) is 0. The van der Waals surface area contributed by atoms with Crippen molar-refractivity contribution in [1.82, 2.24) is 9.97 Å². The van der Waals surface area contributed by atoms with Crippen molar-refractivity contribution >= 4 is 63.8 Å². The zero-order chi connectivity index (χ0) is 34.6. The molecule has 250 valence electrons. The van der Waals surface area contributed by atoms with Gasteiger partial charge in [-0.3, -0.25) is 0 Å². The molecule has 0 N–H and O–H groups in total. The zero-order valence-electron chi connectivity index (χ0n) is 29.4. The molecule has 0 saturated carbocycles. The second kappa shape index (κ2) is 12.3. The van der Waals surface area contributed by atoms with Crippen LogP contribution in [0.2, 0.25) is 0 Å². The van der Waals surface area contributed by atoms with Crippen LogP contribution in [-0.4, -0.2) is 31.6 Å². The minimum Gasteiger partial charge on any atom is -0.0346 e. The molecular weight excluding hydrogens is 681 g/mol. The van der Waals surface area contributed by atoms with Gasteiger partial charge < -0.3 is 0 Å². The number of nitrogens with zero attached hydrogens (tertiary/aromatic N) is 5. The first-order chi connectivity index (χ1) is 24.0. The fraction of sp³-hybridized carbons (Fsp3) is 0.209. The van der Waals surface area contributed by atoms with Gasteiger partial charge in [-0.15, -0.1) is 0 Å². The Morgan fingerprint density at radius 3 is 1.98 bits per heavy atom. The topological polar surface area (TPSA) is 44.7 Å². The van der Waals surface area contributed by atoms with E-state index in [0.29, 0.717) is 6.67 Å². The van der Waals surface area contributed by atoms with Crippen molar-refractivity contribution in [2.24, 2.45) is 0 Å². The summed E-state index contributed by atoms with van der Waals surface area (Å²) in [5.74, 6) is 2.45. The maximum Gasteiger partial charge on any atom is -0.0346 e. The third-order valence-electron chi connectivity index (χ3n) is 9.37. The molecule has 0 bridgehead atoms. The van der Waals surface area contributed by atoms with Gasteiger partial charge in [0.1, 0.15) is 0 Å². The molecule has 0 spiro atoms. The van der Waals surface area contributed by atoms with Crippen molar-refractivity contribution in [2.75, 3.05) is 21.4 Å². The molecule has 4 heterocycles. The number of benzene rings is 4. The molecule has 2 aliphatic rings. The van der Waals surface area contributed by atoms with Crippen LogP contribution in [0.3, 0.4) is 0 Å². The van der Waals surface area contributed by atoms with Gasteiger partial charge in [-0.1, -0.05) is 39.0 Å². The Morgan fingerprint density at radius 2 is 1.24 bits per heavy atom. The first kappa shape index (κ1) is 32.1. The van der Waals surface area contributed by atoms with E-state index in [0.717, 1.165) is 34.4 Å². The van der Waals surface area contributed by atoms with Crippen LogP contribution >= 0.6 is 0 Å². The van der Waals surface area contributed by atoms with Crippen LogP contribution < -0.4 is 28.4 Å². The number of pyridine rings is 2. The molecule has 0 unspecified atom stereocenters. The maximum absolute atomic E-state index is 6.65. The number of ether oxygens (including phenoxy) is 1. The Bertz CT molecular complexity index is 2220. The van der Waals surface area contributed by atoms with E-state index in [9.17, 15) is 0 Å². The van der Waals surface area contributed by atoms with Crippen molar-refractivity contribution in [3.8, 4) is 11.5 Å². The van der Waals surface area contributed by atoms with E-state index in [1.165, 1.54) is 37.1 Å². The van der Waals surface area contributed by atoms with Gasteiger partial charge in [0.05, 0.1) is 0 Å². The first-order valence-electron chi connectivity index (χ1n) is 17.1. The van der Waals surface area contributed by atoms with E-state index in [2.05, 4.69) is 164 Å². The fourth-order valence-corrected chi connectivity index (χ4v) is 8.71. The van der Waals surface area contributed by atoms with Crippen LogP contribution in [0.5, 0.6) is 11.5 Å². The van der Waals surface area contributed by atoms with Crippen LogP contribution in [0.25, 0.3) is 0 Å². The van der Waals surface area contributed by atoms with Crippen LogP contribution in [0, 0.1) is 0 Å². The Morgan fingerprint density at radius 1 is 0.580 bits per heavy atom. The maximum atomic E-state index is 6.65. The van der Waals surface area contributed by atoms with Gasteiger partial charge >= 0.3 is 241 Å². The molecule has 0 amide bonds.